The summed E-state index contributed by atoms with van der Waals surface area (Å²) in [5.74, 6) is -0.840. The van der Waals surface area contributed by atoms with Crippen LogP contribution in [0.25, 0.3) is 5.69 Å². The van der Waals surface area contributed by atoms with Crippen LogP contribution in [0.3, 0.4) is 0 Å². The molecule has 1 aliphatic carbocycles. The van der Waals surface area contributed by atoms with Crippen molar-refractivity contribution in [1.29, 1.82) is 0 Å². The summed E-state index contributed by atoms with van der Waals surface area (Å²) in [6, 6.07) is 12.1. The van der Waals surface area contributed by atoms with E-state index in [0.29, 0.717) is 17.5 Å². The largest absolute Gasteiger partial charge is 0.352 e. The van der Waals surface area contributed by atoms with Crippen LogP contribution in [-0.2, 0) is 6.54 Å². The van der Waals surface area contributed by atoms with Gasteiger partial charge in [-0.25, -0.2) is 9.18 Å². The van der Waals surface area contributed by atoms with Crippen LogP contribution in [0.5, 0.6) is 0 Å². The molecule has 154 valence electrons. The molecule has 0 saturated heterocycles. The lowest BCUT2D eigenvalue weighted by Crippen LogP contribution is -2.46. The molecule has 0 atom stereocenters. The molecule has 1 aliphatic rings. The maximum atomic E-state index is 14.2. The number of hydrogen-bond donors (Lipinski definition) is 1. The van der Waals surface area contributed by atoms with Gasteiger partial charge >= 0.3 is 5.69 Å². The van der Waals surface area contributed by atoms with Crippen molar-refractivity contribution in [3.8, 4) is 5.69 Å². The molecule has 0 aliphatic heterocycles. The summed E-state index contributed by atoms with van der Waals surface area (Å²) < 4.78 is 15.9. The molecule has 30 heavy (non-hydrogen) atoms. The van der Waals surface area contributed by atoms with Crippen molar-refractivity contribution in [3.63, 3.8) is 0 Å². The van der Waals surface area contributed by atoms with E-state index in [9.17, 15) is 18.8 Å². The van der Waals surface area contributed by atoms with Crippen LogP contribution in [0.2, 0.25) is 5.02 Å². The van der Waals surface area contributed by atoms with E-state index in [0.717, 1.165) is 22.1 Å². The van der Waals surface area contributed by atoms with Gasteiger partial charge in [0.2, 0.25) is 5.69 Å². The Morgan fingerprint density at radius 3 is 2.63 bits per heavy atom. The Balaban J connectivity index is 1.84. The third-order valence-corrected chi connectivity index (χ3v) is 5.10. The van der Waals surface area contributed by atoms with E-state index in [1.807, 2.05) is 0 Å². The minimum absolute atomic E-state index is 0.143. The number of halogens is 2. The number of amides is 1. The zero-order valence-corrected chi connectivity index (χ0v) is 16.6. The Morgan fingerprint density at radius 1 is 1.17 bits per heavy atom. The number of aromatic nitrogens is 3. The van der Waals surface area contributed by atoms with Gasteiger partial charge in [-0.05, 0) is 43.0 Å². The smallest absolute Gasteiger partial charge is 0.350 e. The van der Waals surface area contributed by atoms with E-state index in [4.69, 9.17) is 11.6 Å². The van der Waals surface area contributed by atoms with Crippen LogP contribution in [0.1, 0.15) is 28.9 Å². The third kappa shape index (κ3) is 4.18. The van der Waals surface area contributed by atoms with Crippen LogP contribution in [0.4, 0.5) is 4.39 Å². The zero-order valence-electron chi connectivity index (χ0n) is 15.8. The van der Waals surface area contributed by atoms with Crippen molar-refractivity contribution in [2.75, 3.05) is 6.54 Å². The Morgan fingerprint density at radius 2 is 1.93 bits per heavy atom. The van der Waals surface area contributed by atoms with Crippen LogP contribution in [0, 0.1) is 11.7 Å². The van der Waals surface area contributed by atoms with Gasteiger partial charge in [-0.3, -0.25) is 14.2 Å². The average Bonchev–Trinajstić information content (AvgIpc) is 3.55. The highest BCUT2D eigenvalue weighted by molar-refractivity contribution is 6.30. The lowest BCUT2D eigenvalue weighted by molar-refractivity contribution is 0.0942. The summed E-state index contributed by atoms with van der Waals surface area (Å²) in [4.78, 5) is 38.6. The SMILES string of the molecule is O=C(NCC1CC1)c1nn(-c2cccc(Cl)c2)c(=O)n(Cc2ccccc2F)c1=O. The molecule has 0 spiro atoms. The van der Waals surface area contributed by atoms with Crippen molar-refractivity contribution in [2.24, 2.45) is 5.92 Å². The number of hydrogen-bond acceptors (Lipinski definition) is 4. The minimum atomic E-state index is -0.880. The molecule has 9 heteroatoms. The number of carbonyl (C=O) groups is 1. The van der Waals surface area contributed by atoms with Gasteiger partial charge in [-0.15, -0.1) is 0 Å². The van der Waals surface area contributed by atoms with Crippen LogP contribution in [-0.4, -0.2) is 26.8 Å². The van der Waals surface area contributed by atoms with Crippen molar-refractivity contribution in [3.05, 3.63) is 91.5 Å². The Kier molecular flexibility index (Phi) is 5.50. The first kappa shape index (κ1) is 20.0. The summed E-state index contributed by atoms with van der Waals surface area (Å²) in [5.41, 5.74) is -1.69. The number of benzene rings is 2. The standard InChI is InChI=1S/C21H18ClFN4O3/c22-15-5-3-6-16(10-15)27-21(30)26(12-14-4-1-2-7-17(14)23)20(29)18(25-27)19(28)24-11-13-8-9-13/h1-7,10,13H,8-9,11-12H2,(H,24,28). The van der Waals surface area contributed by atoms with Crippen LogP contribution in [0.15, 0.2) is 58.1 Å². The van der Waals surface area contributed by atoms with Gasteiger partial charge in [-0.1, -0.05) is 35.9 Å². The zero-order chi connectivity index (χ0) is 21.3. The lowest BCUT2D eigenvalue weighted by atomic mass is 10.2. The quantitative estimate of drug-likeness (QED) is 0.653. The molecule has 0 bridgehead atoms. The average molecular weight is 429 g/mol. The lowest BCUT2D eigenvalue weighted by Gasteiger charge is -2.13. The van der Waals surface area contributed by atoms with Gasteiger partial charge < -0.3 is 5.32 Å². The van der Waals surface area contributed by atoms with E-state index in [2.05, 4.69) is 10.4 Å². The molecule has 7 nitrogen and oxygen atoms in total. The molecule has 2 aromatic carbocycles. The molecule has 1 saturated carbocycles. The molecule has 1 heterocycles. The number of nitrogens with zero attached hydrogens (tertiary/aromatic N) is 3. The van der Waals surface area contributed by atoms with Crippen molar-refractivity contribution < 1.29 is 9.18 Å². The Hall–Kier alpha value is -3.26. The molecule has 1 aromatic heterocycles. The van der Waals surface area contributed by atoms with E-state index in [1.54, 1.807) is 24.3 Å². The summed E-state index contributed by atoms with van der Waals surface area (Å²) in [6.07, 6.45) is 2.04. The molecule has 0 unspecified atom stereocenters. The molecule has 1 N–H and O–H groups in total. The van der Waals surface area contributed by atoms with E-state index < -0.39 is 28.7 Å². The fraction of sp³-hybridized carbons (Fsp3) is 0.238. The van der Waals surface area contributed by atoms with E-state index in [1.165, 1.54) is 24.3 Å². The molecule has 4 rings (SSSR count). The van der Waals surface area contributed by atoms with Gasteiger partial charge in [0.25, 0.3) is 11.5 Å². The number of rotatable bonds is 6. The highest BCUT2D eigenvalue weighted by atomic mass is 35.5. The van der Waals surface area contributed by atoms with Gasteiger partial charge in [0, 0.05) is 17.1 Å². The van der Waals surface area contributed by atoms with Gasteiger partial charge in [0.15, 0.2) is 0 Å². The normalized spacial score (nSPS) is 13.3. The highest BCUT2D eigenvalue weighted by Gasteiger charge is 2.25. The minimum Gasteiger partial charge on any atom is -0.350 e. The van der Waals surface area contributed by atoms with Crippen LogP contribution < -0.4 is 16.6 Å². The maximum Gasteiger partial charge on any atom is 0.352 e. The van der Waals surface area contributed by atoms with Gasteiger partial charge in [0.1, 0.15) is 5.82 Å². The molecule has 1 fully saturated rings. The van der Waals surface area contributed by atoms with Crippen LogP contribution >= 0.6 is 11.6 Å². The van der Waals surface area contributed by atoms with E-state index in [-0.39, 0.29) is 17.8 Å². The number of nitrogens with one attached hydrogen (secondary N) is 1. The Labute approximate surface area is 175 Å². The molecule has 1 amide bonds. The summed E-state index contributed by atoms with van der Waals surface area (Å²) in [6.45, 7) is 0.0971. The second kappa shape index (κ2) is 8.23. The van der Waals surface area contributed by atoms with Crippen molar-refractivity contribution >= 4 is 17.5 Å². The second-order valence-electron chi connectivity index (χ2n) is 7.16. The van der Waals surface area contributed by atoms with Crippen molar-refractivity contribution in [2.45, 2.75) is 19.4 Å². The molecule has 3 aromatic rings. The Bertz CT molecular complexity index is 1230. The third-order valence-electron chi connectivity index (χ3n) is 4.86. The van der Waals surface area contributed by atoms with Crippen molar-refractivity contribution in [1.82, 2.24) is 19.7 Å². The highest BCUT2D eigenvalue weighted by Crippen LogP contribution is 2.27. The maximum absolute atomic E-state index is 14.2. The second-order valence-corrected chi connectivity index (χ2v) is 7.60. The van der Waals surface area contributed by atoms with E-state index >= 15 is 0 Å². The predicted octanol–water partition coefficient (Wildman–Crippen LogP) is 2.37. The fourth-order valence-electron chi connectivity index (χ4n) is 3.01. The molecular formula is C21H18ClFN4O3. The first-order valence-electron chi connectivity index (χ1n) is 9.46. The topological polar surface area (TPSA) is 86.0 Å². The summed E-state index contributed by atoms with van der Waals surface area (Å²) >= 11 is 6.02. The molecule has 0 radical (unpaired) electrons. The molecular weight excluding hydrogens is 411 g/mol. The monoisotopic (exact) mass is 428 g/mol. The first-order valence-corrected chi connectivity index (χ1v) is 9.83. The summed E-state index contributed by atoms with van der Waals surface area (Å²) in [7, 11) is 0. The fourth-order valence-corrected chi connectivity index (χ4v) is 3.20. The predicted molar refractivity (Wildman–Crippen MR) is 110 cm³/mol. The first-order chi connectivity index (χ1) is 14.4. The van der Waals surface area contributed by atoms with Gasteiger partial charge in [0.05, 0.1) is 12.2 Å². The van der Waals surface area contributed by atoms with Gasteiger partial charge in [-0.2, -0.15) is 9.78 Å². The number of carbonyl (C=O) groups excluding carboxylic acids is 1. The summed E-state index contributed by atoms with van der Waals surface area (Å²) in [5, 5.41) is 7.05.